The fraction of sp³-hybridized carbons (Fsp3) is 0.538. The normalized spacial score (nSPS) is 37.7. The highest BCUT2D eigenvalue weighted by Gasteiger charge is 2.73. The Morgan fingerprint density at radius 1 is 1.06 bits per heavy atom. The number of hydrogen-bond donors (Lipinski definition) is 2. The molecular formula is C26H30N2O3. The van der Waals surface area contributed by atoms with Crippen molar-refractivity contribution in [3.05, 3.63) is 53.1 Å². The van der Waals surface area contributed by atoms with E-state index in [0.717, 1.165) is 57.2 Å². The maximum Gasteiger partial charge on any atom is 0.165 e. The number of aliphatic hydroxyl groups is 1. The van der Waals surface area contributed by atoms with Gasteiger partial charge in [0.2, 0.25) is 0 Å². The summed E-state index contributed by atoms with van der Waals surface area (Å²) in [6.45, 7) is 1.97. The number of phenolic OH excluding ortho intramolecular Hbond substituents is 1. The number of likely N-dealkylation sites (tertiary alicyclic amines) is 1. The smallest absolute Gasteiger partial charge is 0.165 e. The molecule has 2 aromatic rings. The lowest BCUT2D eigenvalue weighted by atomic mass is 9.48. The largest absolute Gasteiger partial charge is 0.504 e. The number of aryl methyl sites for hydroxylation is 1. The number of benzene rings is 2. The van der Waals surface area contributed by atoms with E-state index >= 15 is 0 Å². The van der Waals surface area contributed by atoms with E-state index < -0.39 is 11.0 Å². The van der Waals surface area contributed by atoms with Crippen LogP contribution in [0.2, 0.25) is 0 Å². The molecule has 1 saturated heterocycles. The monoisotopic (exact) mass is 418 g/mol. The van der Waals surface area contributed by atoms with Crippen molar-refractivity contribution in [1.29, 1.82) is 0 Å². The third kappa shape index (κ3) is 2.05. The SMILES string of the molecule is CN1CC[C@]23c4c5ccc(O)c4O[C@H]2[C@H](N2CCCc4ccccc42)CC[C@@]3(O)[C@H]1C5. The summed E-state index contributed by atoms with van der Waals surface area (Å²) in [4.78, 5) is 4.91. The number of piperidine rings is 1. The molecule has 2 aliphatic carbocycles. The Bertz CT molecular complexity index is 1090. The van der Waals surface area contributed by atoms with E-state index in [1.54, 1.807) is 6.07 Å². The van der Waals surface area contributed by atoms with Crippen molar-refractivity contribution < 1.29 is 14.9 Å². The molecule has 1 saturated carbocycles. The molecule has 2 bridgehead atoms. The molecule has 2 aromatic carbocycles. The van der Waals surface area contributed by atoms with E-state index in [0.29, 0.717) is 5.75 Å². The maximum atomic E-state index is 12.4. The van der Waals surface area contributed by atoms with E-state index in [9.17, 15) is 10.2 Å². The van der Waals surface area contributed by atoms with Crippen molar-refractivity contribution in [3.63, 3.8) is 0 Å². The molecule has 1 spiro atoms. The minimum atomic E-state index is -0.817. The standard InChI is InChI=1S/C26H30N2O3/c1-27-14-12-25-22-17-8-9-20(29)23(22)31-24(25)19(10-11-26(25,30)21(27)15-17)28-13-4-6-16-5-2-3-7-18(16)28/h2-3,5,7-9,19,21,24,29-30H,4,6,10-15H2,1H3/t19-,21-,24+,25+,26-/m1/s1. The van der Waals surface area contributed by atoms with Gasteiger partial charge >= 0.3 is 0 Å². The zero-order chi connectivity index (χ0) is 21.0. The van der Waals surface area contributed by atoms with Crippen molar-refractivity contribution in [2.45, 2.75) is 67.7 Å². The van der Waals surface area contributed by atoms with Crippen LogP contribution in [0, 0.1) is 0 Å². The Labute approximate surface area is 183 Å². The van der Waals surface area contributed by atoms with Gasteiger partial charge in [-0.1, -0.05) is 24.3 Å². The molecule has 0 aromatic heterocycles. The molecule has 162 valence electrons. The van der Waals surface area contributed by atoms with E-state index in [4.69, 9.17) is 4.74 Å². The molecule has 0 radical (unpaired) electrons. The molecule has 0 unspecified atom stereocenters. The molecule has 7 rings (SSSR count). The van der Waals surface area contributed by atoms with Crippen LogP contribution in [0.25, 0.3) is 0 Å². The van der Waals surface area contributed by atoms with E-state index in [-0.39, 0.29) is 23.9 Å². The summed E-state index contributed by atoms with van der Waals surface area (Å²) in [6.07, 6.45) is 5.51. The van der Waals surface area contributed by atoms with Crippen molar-refractivity contribution in [2.75, 3.05) is 25.0 Å². The molecule has 31 heavy (non-hydrogen) atoms. The molecule has 3 aliphatic heterocycles. The van der Waals surface area contributed by atoms with Crippen molar-refractivity contribution in [1.82, 2.24) is 4.90 Å². The van der Waals surface area contributed by atoms with Gasteiger partial charge in [-0.3, -0.25) is 0 Å². The molecule has 5 aliphatic rings. The summed E-state index contributed by atoms with van der Waals surface area (Å²) in [7, 11) is 2.15. The summed E-state index contributed by atoms with van der Waals surface area (Å²) in [6, 6.07) is 12.9. The van der Waals surface area contributed by atoms with Crippen molar-refractivity contribution >= 4 is 5.69 Å². The number of hydrogen-bond acceptors (Lipinski definition) is 5. The molecule has 5 nitrogen and oxygen atoms in total. The molecule has 3 heterocycles. The number of fused-ring (bicyclic) bond motifs is 1. The summed E-state index contributed by atoms with van der Waals surface area (Å²) < 4.78 is 6.72. The van der Waals surface area contributed by atoms with Gasteiger partial charge in [-0.25, -0.2) is 0 Å². The summed E-state index contributed by atoms with van der Waals surface area (Å²) >= 11 is 0. The minimum absolute atomic E-state index is 0.102. The predicted octanol–water partition coefficient (Wildman–Crippen LogP) is 3.00. The van der Waals surface area contributed by atoms with Crippen LogP contribution in [0.3, 0.4) is 0 Å². The van der Waals surface area contributed by atoms with Crippen LogP contribution in [0.4, 0.5) is 5.69 Å². The fourth-order valence-corrected chi connectivity index (χ4v) is 7.95. The Morgan fingerprint density at radius 3 is 2.84 bits per heavy atom. The first kappa shape index (κ1) is 18.3. The highest BCUT2D eigenvalue weighted by atomic mass is 16.5. The van der Waals surface area contributed by atoms with Crippen LogP contribution in [0.15, 0.2) is 36.4 Å². The predicted molar refractivity (Wildman–Crippen MR) is 119 cm³/mol. The van der Waals surface area contributed by atoms with Crippen LogP contribution < -0.4 is 9.64 Å². The lowest BCUT2D eigenvalue weighted by Gasteiger charge is -2.64. The highest BCUT2D eigenvalue weighted by molar-refractivity contribution is 5.64. The van der Waals surface area contributed by atoms with Gasteiger partial charge in [0.15, 0.2) is 11.5 Å². The van der Waals surface area contributed by atoms with Crippen LogP contribution in [0.5, 0.6) is 11.5 Å². The van der Waals surface area contributed by atoms with Gasteiger partial charge < -0.3 is 24.7 Å². The Balaban J connectivity index is 1.42. The van der Waals surface area contributed by atoms with Crippen molar-refractivity contribution in [3.8, 4) is 11.5 Å². The number of ether oxygens (including phenoxy) is 1. The van der Waals surface area contributed by atoms with Gasteiger partial charge in [0.25, 0.3) is 0 Å². The first-order valence-corrected chi connectivity index (χ1v) is 11.8. The molecule has 5 heteroatoms. The number of nitrogens with zero attached hydrogens (tertiary/aromatic N) is 2. The summed E-state index contributed by atoms with van der Waals surface area (Å²) in [5.74, 6) is 0.862. The molecular weight excluding hydrogens is 388 g/mol. The number of likely N-dealkylation sites (N-methyl/N-ethyl adjacent to an activating group) is 1. The zero-order valence-corrected chi connectivity index (χ0v) is 18.1. The average molecular weight is 419 g/mol. The average Bonchev–Trinajstić information content (AvgIpc) is 3.14. The first-order valence-electron chi connectivity index (χ1n) is 11.8. The Hall–Kier alpha value is -2.24. The van der Waals surface area contributed by atoms with Crippen molar-refractivity contribution in [2.24, 2.45) is 0 Å². The minimum Gasteiger partial charge on any atom is -0.504 e. The van der Waals surface area contributed by atoms with Gasteiger partial charge in [-0.2, -0.15) is 0 Å². The number of para-hydroxylation sites is 1. The molecule has 5 atom stereocenters. The molecule has 2 N–H and O–H groups in total. The topological polar surface area (TPSA) is 56.2 Å². The Morgan fingerprint density at radius 2 is 1.94 bits per heavy atom. The lowest BCUT2D eigenvalue weighted by molar-refractivity contribution is -0.184. The third-order valence-electron chi connectivity index (χ3n) is 9.25. The van der Waals surface area contributed by atoms with Gasteiger partial charge in [-0.15, -0.1) is 0 Å². The second-order valence-corrected chi connectivity index (χ2v) is 10.4. The highest BCUT2D eigenvalue weighted by Crippen LogP contribution is 2.65. The zero-order valence-electron chi connectivity index (χ0n) is 18.1. The second-order valence-electron chi connectivity index (χ2n) is 10.4. The van der Waals surface area contributed by atoms with E-state index in [1.807, 2.05) is 0 Å². The second kappa shape index (κ2) is 5.96. The first-order chi connectivity index (χ1) is 15.0. The third-order valence-corrected chi connectivity index (χ3v) is 9.25. The lowest BCUT2D eigenvalue weighted by Crippen LogP contribution is -2.78. The number of anilines is 1. The van der Waals surface area contributed by atoms with Gasteiger partial charge in [0.1, 0.15) is 6.10 Å². The number of phenols is 1. The quantitative estimate of drug-likeness (QED) is 0.746. The van der Waals surface area contributed by atoms with E-state index in [1.165, 1.54) is 16.8 Å². The van der Waals surface area contributed by atoms with E-state index in [2.05, 4.69) is 47.2 Å². The number of aromatic hydroxyl groups is 1. The maximum absolute atomic E-state index is 12.4. The van der Waals surface area contributed by atoms with Crippen LogP contribution in [-0.2, 0) is 18.3 Å². The Kier molecular flexibility index (Phi) is 3.53. The number of rotatable bonds is 1. The molecule has 2 fully saturated rings. The van der Waals surface area contributed by atoms with Gasteiger partial charge in [0, 0.05) is 23.8 Å². The van der Waals surface area contributed by atoms with Gasteiger partial charge in [0.05, 0.1) is 17.1 Å². The van der Waals surface area contributed by atoms with Crippen LogP contribution >= 0.6 is 0 Å². The molecule has 0 amide bonds. The summed E-state index contributed by atoms with van der Waals surface area (Å²) in [5.41, 5.74) is 3.83. The van der Waals surface area contributed by atoms with Crippen LogP contribution in [-0.4, -0.2) is 59.0 Å². The van der Waals surface area contributed by atoms with Gasteiger partial charge in [-0.05, 0) is 75.4 Å². The fourth-order valence-electron chi connectivity index (χ4n) is 7.95. The van der Waals surface area contributed by atoms with Crippen LogP contribution in [0.1, 0.15) is 42.4 Å². The summed E-state index contributed by atoms with van der Waals surface area (Å²) in [5, 5.41) is 23.1.